The number of halogens is 2. The summed E-state index contributed by atoms with van der Waals surface area (Å²) in [5.41, 5.74) is 4.04. The van der Waals surface area contributed by atoms with Gasteiger partial charge in [-0.3, -0.25) is 0 Å². The number of H-pyrrole nitrogens is 1. The van der Waals surface area contributed by atoms with E-state index in [9.17, 15) is 0 Å². The summed E-state index contributed by atoms with van der Waals surface area (Å²) in [6.07, 6.45) is 0. The highest BCUT2D eigenvalue weighted by atomic mass is 35.5. The van der Waals surface area contributed by atoms with Crippen molar-refractivity contribution in [3.63, 3.8) is 0 Å². The van der Waals surface area contributed by atoms with Crippen molar-refractivity contribution in [2.24, 2.45) is 0 Å². The van der Waals surface area contributed by atoms with E-state index in [1.54, 1.807) is 11.6 Å². The predicted octanol–water partition coefficient (Wildman–Crippen LogP) is 3.70. The lowest BCUT2D eigenvalue weighted by atomic mass is 10.4. The normalized spacial score (nSPS) is 11.2. The molecule has 7 heteroatoms. The molecule has 1 N–H and O–H groups in total. The van der Waals surface area contributed by atoms with Gasteiger partial charge in [-0.05, 0) is 13.0 Å². The van der Waals surface area contributed by atoms with Gasteiger partial charge < -0.3 is 4.98 Å². The van der Waals surface area contributed by atoms with Crippen LogP contribution in [-0.2, 0) is 0 Å². The van der Waals surface area contributed by atoms with E-state index in [2.05, 4.69) is 19.9 Å². The Labute approximate surface area is 111 Å². The molecule has 0 aromatic carbocycles. The van der Waals surface area contributed by atoms with Gasteiger partial charge in [0.05, 0.1) is 26.6 Å². The molecule has 3 aromatic heterocycles. The Bertz CT molecular complexity index is 664. The molecular formula is C10H6Cl2N4S. The van der Waals surface area contributed by atoms with Crippen LogP contribution in [-0.4, -0.2) is 19.9 Å². The second kappa shape index (κ2) is 3.94. The number of nitrogens with one attached hydrogen (secondary N) is 1. The van der Waals surface area contributed by atoms with Crippen molar-refractivity contribution in [1.29, 1.82) is 0 Å². The molecule has 0 fully saturated rings. The molecule has 17 heavy (non-hydrogen) atoms. The first-order valence-electron chi connectivity index (χ1n) is 4.77. The van der Waals surface area contributed by atoms with Gasteiger partial charge in [0.15, 0.2) is 11.5 Å². The van der Waals surface area contributed by atoms with Crippen molar-refractivity contribution < 1.29 is 0 Å². The number of fused-ring (bicyclic) bond motifs is 1. The Morgan fingerprint density at radius 3 is 2.82 bits per heavy atom. The van der Waals surface area contributed by atoms with E-state index >= 15 is 0 Å². The number of aromatic amines is 1. The van der Waals surface area contributed by atoms with Crippen LogP contribution in [0.25, 0.3) is 21.9 Å². The second-order valence-electron chi connectivity index (χ2n) is 3.48. The Hall–Kier alpha value is -1.17. The van der Waals surface area contributed by atoms with E-state index in [-0.39, 0.29) is 5.15 Å². The largest absolute Gasteiger partial charge is 0.336 e. The number of rotatable bonds is 1. The summed E-state index contributed by atoms with van der Waals surface area (Å²) in [5, 5.41) is 0.675. The van der Waals surface area contributed by atoms with Crippen LogP contribution in [0.3, 0.4) is 0 Å². The third-order valence-corrected chi connectivity index (χ3v) is 3.95. The molecule has 0 spiro atoms. The third-order valence-electron chi connectivity index (χ3n) is 2.34. The molecule has 3 heterocycles. The van der Waals surface area contributed by atoms with E-state index in [4.69, 9.17) is 23.2 Å². The highest BCUT2D eigenvalue weighted by Gasteiger charge is 2.12. The van der Waals surface area contributed by atoms with E-state index in [0.29, 0.717) is 10.7 Å². The van der Waals surface area contributed by atoms with Gasteiger partial charge >= 0.3 is 0 Å². The van der Waals surface area contributed by atoms with Gasteiger partial charge in [-0.2, -0.15) is 0 Å². The zero-order chi connectivity index (χ0) is 12.0. The molecule has 0 aliphatic heterocycles. The van der Waals surface area contributed by atoms with Crippen LogP contribution in [0, 0.1) is 6.92 Å². The van der Waals surface area contributed by atoms with E-state index in [0.717, 1.165) is 21.9 Å². The van der Waals surface area contributed by atoms with Crippen LogP contribution in [0.15, 0.2) is 11.6 Å². The molecule has 0 saturated carbocycles. The number of pyridine rings is 1. The summed E-state index contributed by atoms with van der Waals surface area (Å²) in [4.78, 5) is 16.8. The maximum atomic E-state index is 5.90. The number of thiazole rings is 1. The Kier molecular flexibility index (Phi) is 2.54. The summed E-state index contributed by atoms with van der Waals surface area (Å²) in [6.45, 7) is 1.94. The molecule has 86 valence electrons. The predicted molar refractivity (Wildman–Crippen MR) is 69.8 cm³/mol. The second-order valence-corrected chi connectivity index (χ2v) is 5.10. The van der Waals surface area contributed by atoms with Gasteiger partial charge in [-0.25, -0.2) is 15.0 Å². The van der Waals surface area contributed by atoms with E-state index in [1.807, 2.05) is 6.92 Å². The molecule has 0 unspecified atom stereocenters. The van der Waals surface area contributed by atoms with Crippen molar-refractivity contribution in [1.82, 2.24) is 19.9 Å². The first kappa shape index (κ1) is 11.0. The van der Waals surface area contributed by atoms with Gasteiger partial charge in [0.2, 0.25) is 0 Å². The number of nitrogens with zero attached hydrogens (tertiary/aromatic N) is 3. The number of hydrogen-bond acceptors (Lipinski definition) is 4. The van der Waals surface area contributed by atoms with Gasteiger partial charge in [0, 0.05) is 0 Å². The summed E-state index contributed by atoms with van der Waals surface area (Å²) >= 11 is 13.3. The van der Waals surface area contributed by atoms with Crippen molar-refractivity contribution in [2.75, 3.05) is 0 Å². The third kappa shape index (κ3) is 1.80. The van der Waals surface area contributed by atoms with E-state index in [1.165, 1.54) is 11.3 Å². The smallest absolute Gasteiger partial charge is 0.179 e. The topological polar surface area (TPSA) is 54.5 Å². The number of imidazole rings is 1. The molecule has 0 atom stereocenters. The summed E-state index contributed by atoms with van der Waals surface area (Å²) in [5.74, 6) is 0.742. The van der Waals surface area contributed by atoms with Crippen LogP contribution in [0.5, 0.6) is 0 Å². The number of aromatic nitrogens is 4. The summed E-state index contributed by atoms with van der Waals surface area (Å²) in [7, 11) is 0. The molecule has 0 amide bonds. The van der Waals surface area contributed by atoms with Crippen molar-refractivity contribution in [3.8, 4) is 10.7 Å². The molecule has 3 rings (SSSR count). The van der Waals surface area contributed by atoms with Gasteiger partial charge in [0.1, 0.15) is 5.15 Å². The lowest BCUT2D eigenvalue weighted by Crippen LogP contribution is -1.80. The Morgan fingerprint density at radius 1 is 1.29 bits per heavy atom. The maximum Gasteiger partial charge on any atom is 0.179 e. The average molecular weight is 285 g/mol. The zero-order valence-corrected chi connectivity index (χ0v) is 11.0. The van der Waals surface area contributed by atoms with Crippen LogP contribution >= 0.6 is 34.5 Å². The van der Waals surface area contributed by atoms with Gasteiger partial charge in [-0.15, -0.1) is 11.3 Å². The Balaban J connectivity index is 2.24. The fourth-order valence-corrected chi connectivity index (χ4v) is 2.57. The molecule has 0 bridgehead atoms. The minimum Gasteiger partial charge on any atom is -0.336 e. The first-order valence-corrected chi connectivity index (χ1v) is 6.41. The monoisotopic (exact) mass is 284 g/mol. The number of aryl methyl sites for hydroxylation is 1. The van der Waals surface area contributed by atoms with E-state index < -0.39 is 0 Å². The summed E-state index contributed by atoms with van der Waals surface area (Å²) in [6, 6.07) is 1.72. The van der Waals surface area contributed by atoms with Crippen molar-refractivity contribution in [3.05, 3.63) is 27.4 Å². The minimum atomic E-state index is 0.262. The van der Waals surface area contributed by atoms with Crippen LogP contribution in [0.2, 0.25) is 10.2 Å². The van der Waals surface area contributed by atoms with Crippen molar-refractivity contribution in [2.45, 2.75) is 6.92 Å². The molecule has 0 aliphatic rings. The van der Waals surface area contributed by atoms with Crippen LogP contribution < -0.4 is 0 Å². The zero-order valence-electron chi connectivity index (χ0n) is 8.66. The fraction of sp³-hybridized carbons (Fsp3) is 0.100. The highest BCUT2D eigenvalue weighted by Crippen LogP contribution is 2.28. The molecule has 0 radical (unpaired) electrons. The average Bonchev–Trinajstić information content (AvgIpc) is 2.85. The summed E-state index contributed by atoms with van der Waals surface area (Å²) < 4.78 is 0. The molecule has 3 aromatic rings. The SMILES string of the molecule is Cc1ncsc1-c1nc2nc(Cl)c(Cl)cc2[nH]1. The van der Waals surface area contributed by atoms with Gasteiger partial charge in [0.25, 0.3) is 0 Å². The lowest BCUT2D eigenvalue weighted by Gasteiger charge is -1.92. The van der Waals surface area contributed by atoms with Crippen molar-refractivity contribution >= 4 is 45.7 Å². The van der Waals surface area contributed by atoms with Crippen LogP contribution in [0.1, 0.15) is 5.69 Å². The van der Waals surface area contributed by atoms with Crippen LogP contribution in [0.4, 0.5) is 0 Å². The standard InChI is InChI=1S/C10H6Cl2N4S/c1-4-7(17-3-13-4)10-14-6-2-5(11)8(12)15-9(6)16-10/h2-3H,1H3,(H,14,15,16). The first-order chi connectivity index (χ1) is 8.15. The fourth-order valence-electron chi connectivity index (χ4n) is 1.53. The number of hydrogen-bond donors (Lipinski definition) is 1. The lowest BCUT2D eigenvalue weighted by molar-refractivity contribution is 1.24. The molecule has 4 nitrogen and oxygen atoms in total. The molecular weight excluding hydrogens is 279 g/mol. The highest BCUT2D eigenvalue weighted by molar-refractivity contribution is 7.13. The Morgan fingerprint density at radius 2 is 2.12 bits per heavy atom. The minimum absolute atomic E-state index is 0.262. The molecule has 0 aliphatic carbocycles. The molecule has 0 saturated heterocycles. The van der Waals surface area contributed by atoms with Gasteiger partial charge in [-0.1, -0.05) is 23.2 Å². The maximum absolute atomic E-state index is 5.90. The quantitative estimate of drug-likeness (QED) is 0.694.